The first-order valence-electron chi connectivity index (χ1n) is 4.57. The van der Waals surface area contributed by atoms with Crippen molar-refractivity contribution in [3.63, 3.8) is 0 Å². The number of hydrogen-bond donors (Lipinski definition) is 1. The fourth-order valence-electron chi connectivity index (χ4n) is 1.90. The predicted octanol–water partition coefficient (Wildman–Crippen LogP) is 0.569. The average molecular weight is 167 g/mol. The highest BCUT2D eigenvalue weighted by atomic mass is 15.1. The van der Waals surface area contributed by atoms with Gasteiger partial charge in [-0.2, -0.15) is 5.26 Å². The Labute approximate surface area is 74.1 Å². The minimum Gasteiger partial charge on any atom is -0.327 e. The summed E-state index contributed by atoms with van der Waals surface area (Å²) < 4.78 is 0. The predicted molar refractivity (Wildman–Crippen MR) is 48.4 cm³/mol. The molecule has 0 amide bonds. The van der Waals surface area contributed by atoms with E-state index in [1.807, 2.05) is 0 Å². The van der Waals surface area contributed by atoms with Gasteiger partial charge in [0.2, 0.25) is 0 Å². The molecule has 0 aromatic carbocycles. The number of rotatable bonds is 2. The Morgan fingerprint density at radius 2 is 2.33 bits per heavy atom. The molecule has 0 radical (unpaired) electrons. The van der Waals surface area contributed by atoms with Gasteiger partial charge in [-0.05, 0) is 12.3 Å². The highest BCUT2D eigenvalue weighted by Gasteiger charge is 2.21. The average Bonchev–Trinajstić information content (AvgIpc) is 1.99. The zero-order valence-corrected chi connectivity index (χ0v) is 7.66. The van der Waals surface area contributed by atoms with E-state index in [1.165, 1.54) is 0 Å². The molecule has 2 N–H and O–H groups in total. The second-order valence-corrected chi connectivity index (χ2v) is 3.77. The van der Waals surface area contributed by atoms with Crippen LogP contribution >= 0.6 is 0 Å². The van der Waals surface area contributed by atoms with Gasteiger partial charge in [-0.25, -0.2) is 0 Å². The molecule has 3 nitrogen and oxygen atoms in total. The van der Waals surface area contributed by atoms with Gasteiger partial charge in [-0.3, -0.25) is 0 Å². The largest absolute Gasteiger partial charge is 0.327 e. The normalized spacial score (nSPS) is 31.4. The third kappa shape index (κ3) is 2.80. The van der Waals surface area contributed by atoms with Crippen LogP contribution in [0, 0.1) is 17.2 Å². The van der Waals surface area contributed by atoms with Gasteiger partial charge in [0.25, 0.3) is 0 Å². The van der Waals surface area contributed by atoms with Crippen LogP contribution in [0.1, 0.15) is 19.8 Å². The Bertz CT molecular complexity index is 163. The molecule has 1 fully saturated rings. The van der Waals surface area contributed by atoms with Gasteiger partial charge in [-0.15, -0.1) is 0 Å². The van der Waals surface area contributed by atoms with Crippen LogP contribution in [0.3, 0.4) is 0 Å². The minimum absolute atomic E-state index is 0.312. The van der Waals surface area contributed by atoms with E-state index in [-0.39, 0.29) is 0 Å². The highest BCUT2D eigenvalue weighted by Crippen LogP contribution is 2.14. The summed E-state index contributed by atoms with van der Waals surface area (Å²) in [5.74, 6) is 0.687. The van der Waals surface area contributed by atoms with Crippen LogP contribution in [0.5, 0.6) is 0 Å². The lowest BCUT2D eigenvalue weighted by molar-refractivity contribution is 0.168. The van der Waals surface area contributed by atoms with Crippen molar-refractivity contribution in [1.82, 2.24) is 4.90 Å². The third-order valence-corrected chi connectivity index (χ3v) is 2.31. The summed E-state index contributed by atoms with van der Waals surface area (Å²) in [7, 11) is 0. The molecule has 68 valence electrons. The van der Waals surface area contributed by atoms with Crippen molar-refractivity contribution in [3.8, 4) is 6.07 Å². The van der Waals surface area contributed by atoms with Crippen LogP contribution in [0.15, 0.2) is 0 Å². The van der Waals surface area contributed by atoms with E-state index in [0.717, 1.165) is 26.1 Å². The molecule has 0 spiro atoms. The molecule has 2 atom stereocenters. The van der Waals surface area contributed by atoms with Crippen molar-refractivity contribution in [1.29, 1.82) is 5.26 Å². The monoisotopic (exact) mass is 167 g/mol. The number of piperidine rings is 1. The Morgan fingerprint density at radius 3 is 2.92 bits per heavy atom. The molecule has 3 heteroatoms. The first-order chi connectivity index (χ1) is 5.72. The van der Waals surface area contributed by atoms with E-state index < -0.39 is 0 Å². The molecule has 1 rings (SSSR count). The summed E-state index contributed by atoms with van der Waals surface area (Å²) in [5.41, 5.74) is 5.86. The molecular formula is C9H17N3. The van der Waals surface area contributed by atoms with Gasteiger partial charge in [0.1, 0.15) is 0 Å². The SMILES string of the molecule is CC1CC(N)CN(CCC#N)C1. The van der Waals surface area contributed by atoms with Crippen molar-refractivity contribution in [2.24, 2.45) is 11.7 Å². The van der Waals surface area contributed by atoms with Gasteiger partial charge in [0.15, 0.2) is 0 Å². The minimum atomic E-state index is 0.312. The number of nitrogens with two attached hydrogens (primary N) is 1. The molecule has 12 heavy (non-hydrogen) atoms. The summed E-state index contributed by atoms with van der Waals surface area (Å²) in [6.45, 7) is 5.17. The summed E-state index contributed by atoms with van der Waals surface area (Å²) in [6.07, 6.45) is 1.75. The lowest BCUT2D eigenvalue weighted by Gasteiger charge is -2.34. The molecular weight excluding hydrogens is 150 g/mol. The van der Waals surface area contributed by atoms with E-state index >= 15 is 0 Å². The summed E-state index contributed by atoms with van der Waals surface area (Å²) in [6, 6.07) is 2.47. The first-order valence-corrected chi connectivity index (χ1v) is 4.57. The smallest absolute Gasteiger partial charge is 0.0635 e. The lowest BCUT2D eigenvalue weighted by Crippen LogP contribution is -2.46. The summed E-state index contributed by atoms with van der Waals surface area (Å²) in [5, 5.41) is 8.42. The molecule has 0 aromatic heterocycles. The van der Waals surface area contributed by atoms with Crippen molar-refractivity contribution in [2.75, 3.05) is 19.6 Å². The fraction of sp³-hybridized carbons (Fsp3) is 0.889. The standard InChI is InChI=1S/C9H17N3/c1-8-5-9(11)7-12(6-8)4-2-3-10/h8-9H,2,4-7,11H2,1H3. The van der Waals surface area contributed by atoms with E-state index in [4.69, 9.17) is 11.0 Å². The van der Waals surface area contributed by atoms with Crippen molar-refractivity contribution in [3.05, 3.63) is 0 Å². The van der Waals surface area contributed by atoms with E-state index in [2.05, 4.69) is 17.9 Å². The second kappa shape index (κ2) is 4.44. The molecule has 0 bridgehead atoms. The number of likely N-dealkylation sites (tertiary alicyclic amines) is 1. The topological polar surface area (TPSA) is 53.0 Å². The second-order valence-electron chi connectivity index (χ2n) is 3.77. The zero-order valence-electron chi connectivity index (χ0n) is 7.66. The van der Waals surface area contributed by atoms with Crippen molar-refractivity contribution >= 4 is 0 Å². The van der Waals surface area contributed by atoms with E-state index in [0.29, 0.717) is 18.4 Å². The summed E-state index contributed by atoms with van der Waals surface area (Å²) in [4.78, 5) is 2.29. The van der Waals surface area contributed by atoms with Crippen LogP contribution in [0.25, 0.3) is 0 Å². The fourth-order valence-corrected chi connectivity index (χ4v) is 1.90. The number of hydrogen-bond acceptors (Lipinski definition) is 3. The molecule has 1 heterocycles. The maximum absolute atomic E-state index is 8.42. The van der Waals surface area contributed by atoms with Gasteiger partial charge >= 0.3 is 0 Å². The Balaban J connectivity index is 2.30. The van der Waals surface area contributed by atoms with E-state index in [9.17, 15) is 0 Å². The van der Waals surface area contributed by atoms with Gasteiger partial charge in [0, 0.05) is 32.1 Å². The molecule has 0 aliphatic carbocycles. The molecule has 0 saturated carbocycles. The van der Waals surface area contributed by atoms with Crippen LogP contribution in [0.2, 0.25) is 0 Å². The van der Waals surface area contributed by atoms with Crippen molar-refractivity contribution < 1.29 is 0 Å². The van der Waals surface area contributed by atoms with Gasteiger partial charge < -0.3 is 10.6 Å². The van der Waals surface area contributed by atoms with E-state index in [1.54, 1.807) is 0 Å². The maximum atomic E-state index is 8.42. The zero-order chi connectivity index (χ0) is 8.97. The number of nitrogens with zero attached hydrogens (tertiary/aromatic N) is 2. The number of nitriles is 1. The van der Waals surface area contributed by atoms with Crippen LogP contribution in [-0.4, -0.2) is 30.6 Å². The molecule has 2 unspecified atom stereocenters. The quantitative estimate of drug-likeness (QED) is 0.654. The van der Waals surface area contributed by atoms with Crippen LogP contribution in [-0.2, 0) is 0 Å². The molecule has 1 saturated heterocycles. The maximum Gasteiger partial charge on any atom is 0.0635 e. The van der Waals surface area contributed by atoms with Crippen molar-refractivity contribution in [2.45, 2.75) is 25.8 Å². The Morgan fingerprint density at radius 1 is 1.58 bits per heavy atom. The molecule has 0 aromatic rings. The van der Waals surface area contributed by atoms with Gasteiger partial charge in [-0.1, -0.05) is 6.92 Å². The first kappa shape index (κ1) is 9.50. The summed E-state index contributed by atoms with van der Waals surface area (Å²) >= 11 is 0. The Hall–Kier alpha value is -0.590. The lowest BCUT2D eigenvalue weighted by atomic mass is 9.96. The molecule has 1 aliphatic heterocycles. The van der Waals surface area contributed by atoms with Crippen LogP contribution in [0.4, 0.5) is 0 Å². The van der Waals surface area contributed by atoms with Crippen LogP contribution < -0.4 is 5.73 Å². The highest BCUT2D eigenvalue weighted by molar-refractivity contribution is 4.81. The Kier molecular flexibility index (Phi) is 3.51. The molecule has 1 aliphatic rings. The van der Waals surface area contributed by atoms with Gasteiger partial charge in [0.05, 0.1) is 6.07 Å². The third-order valence-electron chi connectivity index (χ3n) is 2.31.